The van der Waals surface area contributed by atoms with Crippen LogP contribution in [-0.4, -0.2) is 40.4 Å². The zero-order valence-corrected chi connectivity index (χ0v) is 13.7. The van der Waals surface area contributed by atoms with Gasteiger partial charge in [-0.1, -0.05) is 5.75 Å². The summed E-state index contributed by atoms with van der Waals surface area (Å²) in [5, 5.41) is 25.3. The summed E-state index contributed by atoms with van der Waals surface area (Å²) in [7, 11) is 7.76. The molecule has 0 fully saturated rings. The van der Waals surface area contributed by atoms with Gasteiger partial charge in [-0.2, -0.15) is 5.10 Å². The maximum absolute atomic E-state index is 11.8. The molecule has 0 aliphatic heterocycles. The van der Waals surface area contributed by atoms with Crippen molar-refractivity contribution < 1.29 is 25.3 Å². The summed E-state index contributed by atoms with van der Waals surface area (Å²) in [6, 6.07) is 0. The minimum atomic E-state index is -0.262. The molecule has 9 heteroatoms. The molecule has 1 aromatic rings. The minimum absolute atomic E-state index is 0.247. The number of halogens is 1. The molecule has 0 atom stereocenters. The van der Waals surface area contributed by atoms with Gasteiger partial charge in [0.05, 0.1) is 12.8 Å². The summed E-state index contributed by atoms with van der Waals surface area (Å²) in [6.45, 7) is 1.35. The predicted octanol–water partition coefficient (Wildman–Crippen LogP) is 0.413. The van der Waals surface area contributed by atoms with E-state index in [1.165, 1.54) is 12.4 Å². The Bertz CT molecular complexity index is 486. The first-order valence-corrected chi connectivity index (χ1v) is 7.05. The summed E-state index contributed by atoms with van der Waals surface area (Å²) in [4.78, 5) is 5.57. The van der Waals surface area contributed by atoms with Crippen molar-refractivity contribution in [2.75, 3.05) is 14.1 Å². The quantitative estimate of drug-likeness (QED) is 0.349. The van der Waals surface area contributed by atoms with E-state index in [0.717, 1.165) is 0 Å². The van der Waals surface area contributed by atoms with E-state index >= 15 is 0 Å². The summed E-state index contributed by atoms with van der Waals surface area (Å²) in [5.41, 5.74) is 3.73. The number of aromatic nitrogens is 1. The van der Waals surface area contributed by atoms with Crippen molar-refractivity contribution in [3.05, 3.63) is 23.0 Å². The van der Waals surface area contributed by atoms with Gasteiger partial charge >= 0.3 is 25.2 Å². The van der Waals surface area contributed by atoms with E-state index in [-0.39, 0.29) is 12.4 Å². The molecule has 0 unspecified atom stereocenters. The molecule has 1 aromatic heterocycles. The van der Waals surface area contributed by atoms with Gasteiger partial charge in [0.1, 0.15) is 0 Å². The molecule has 0 radical (unpaired) electrons. The SMILES string of the molecule is Cc1ncc(CO)c(C=NNC(=S)N(C)C)c1[O-].[Cl][Cu+]. The standard InChI is InChI=1S/C11H16N4O2S.ClH.Cu/c1-7-10(17)9(8(6-16)4-12-7)5-13-14-11(18)15(2)3;;/h4-5,16-17H,6H2,1-3H3,(H,14,18);1H;/q;;+2/p-2. The fraction of sp³-hybridized carbons (Fsp3) is 0.364. The Labute approximate surface area is 135 Å². The van der Waals surface area contributed by atoms with Crippen molar-refractivity contribution in [3.63, 3.8) is 0 Å². The van der Waals surface area contributed by atoms with Crippen molar-refractivity contribution in [1.29, 1.82) is 0 Å². The average molecular weight is 366 g/mol. The molecule has 1 heterocycles. The van der Waals surface area contributed by atoms with Gasteiger partial charge in [-0.3, -0.25) is 10.4 Å². The number of aryl methyl sites for hydroxylation is 1. The first kappa shape index (κ1) is 19.1. The topological polar surface area (TPSA) is 83.8 Å². The number of hydrogen-bond acceptors (Lipinski definition) is 5. The molecule has 0 aliphatic rings. The van der Waals surface area contributed by atoms with E-state index in [4.69, 9.17) is 17.3 Å². The van der Waals surface area contributed by atoms with Crippen molar-refractivity contribution in [1.82, 2.24) is 15.3 Å². The van der Waals surface area contributed by atoms with E-state index in [0.29, 0.717) is 21.9 Å². The van der Waals surface area contributed by atoms with Crippen molar-refractivity contribution in [2.45, 2.75) is 13.5 Å². The van der Waals surface area contributed by atoms with E-state index in [1.807, 2.05) is 0 Å². The molecule has 0 amide bonds. The Balaban J connectivity index is 0.00000172. The fourth-order valence-electron chi connectivity index (χ4n) is 1.16. The van der Waals surface area contributed by atoms with Crippen LogP contribution in [0.25, 0.3) is 0 Å². The summed E-state index contributed by atoms with van der Waals surface area (Å²) in [6.07, 6.45) is 2.81. The van der Waals surface area contributed by atoms with Gasteiger partial charge in [0, 0.05) is 31.5 Å². The average Bonchev–Trinajstić information content (AvgIpc) is 2.45. The second kappa shape index (κ2) is 9.90. The molecule has 2 N–H and O–H groups in total. The van der Waals surface area contributed by atoms with Gasteiger partial charge in [0.2, 0.25) is 0 Å². The third kappa shape index (κ3) is 5.60. The van der Waals surface area contributed by atoms with E-state index in [2.05, 4.69) is 40.7 Å². The van der Waals surface area contributed by atoms with Gasteiger partial charge in [0.15, 0.2) is 5.11 Å². The van der Waals surface area contributed by atoms with Crippen molar-refractivity contribution >= 4 is 33.6 Å². The number of hydrazone groups is 1. The number of aliphatic hydroxyl groups is 1. The van der Waals surface area contributed by atoms with Crippen LogP contribution in [0.15, 0.2) is 11.3 Å². The van der Waals surface area contributed by atoms with Crippen LogP contribution in [-0.2, 0) is 21.7 Å². The van der Waals surface area contributed by atoms with Crippen LogP contribution in [0.4, 0.5) is 0 Å². The molecular formula is C11H15ClCuN4O2S. The molecule has 0 saturated heterocycles. The Morgan fingerprint density at radius 2 is 2.25 bits per heavy atom. The second-order valence-corrected chi connectivity index (χ2v) is 4.23. The molecule has 0 bridgehead atoms. The number of rotatable bonds is 3. The van der Waals surface area contributed by atoms with Crippen LogP contribution >= 0.6 is 22.3 Å². The van der Waals surface area contributed by atoms with E-state index < -0.39 is 0 Å². The first-order valence-electron chi connectivity index (χ1n) is 5.35. The first-order chi connectivity index (χ1) is 9.47. The number of nitrogens with zero attached hydrogens (tertiary/aromatic N) is 3. The van der Waals surface area contributed by atoms with Crippen LogP contribution in [0.5, 0.6) is 5.75 Å². The summed E-state index contributed by atoms with van der Waals surface area (Å²) < 4.78 is 0. The van der Waals surface area contributed by atoms with Crippen LogP contribution in [0.1, 0.15) is 16.8 Å². The van der Waals surface area contributed by atoms with Crippen LogP contribution in [0, 0.1) is 6.92 Å². The van der Waals surface area contributed by atoms with Crippen LogP contribution < -0.4 is 10.5 Å². The van der Waals surface area contributed by atoms with Crippen molar-refractivity contribution in [2.24, 2.45) is 5.10 Å². The molecule has 0 spiro atoms. The monoisotopic (exact) mass is 365 g/mol. The molecular weight excluding hydrogens is 351 g/mol. The van der Waals surface area contributed by atoms with Gasteiger partial charge in [-0.05, 0) is 24.7 Å². The van der Waals surface area contributed by atoms with Crippen LogP contribution in [0.3, 0.4) is 0 Å². The molecule has 115 valence electrons. The molecule has 0 aromatic carbocycles. The molecule has 1 rings (SSSR count). The Morgan fingerprint density at radius 3 is 2.75 bits per heavy atom. The normalized spacial score (nSPS) is 9.95. The molecule has 6 nitrogen and oxygen atoms in total. The zero-order chi connectivity index (χ0) is 15.7. The summed E-state index contributed by atoms with van der Waals surface area (Å²) >= 11 is 8.63. The Morgan fingerprint density at radius 1 is 1.65 bits per heavy atom. The zero-order valence-electron chi connectivity index (χ0n) is 11.1. The number of aliphatic hydroxyl groups excluding tert-OH is 1. The molecule has 20 heavy (non-hydrogen) atoms. The fourth-order valence-corrected chi connectivity index (χ4v) is 1.22. The third-order valence-corrected chi connectivity index (χ3v) is 2.72. The summed E-state index contributed by atoms with van der Waals surface area (Å²) in [5.74, 6) is -0.247. The van der Waals surface area contributed by atoms with Gasteiger partial charge in [-0.25, -0.2) is 0 Å². The maximum atomic E-state index is 11.8. The number of nitrogens with one attached hydrogen (secondary N) is 1. The van der Waals surface area contributed by atoms with Crippen LogP contribution in [0.2, 0.25) is 0 Å². The van der Waals surface area contributed by atoms with Gasteiger partial charge in [-0.15, -0.1) is 0 Å². The Kier molecular flexibility index (Phi) is 9.45. The molecule has 0 aliphatic carbocycles. The number of hydrogen-bond donors (Lipinski definition) is 2. The third-order valence-electron chi connectivity index (χ3n) is 2.26. The van der Waals surface area contributed by atoms with Gasteiger partial charge in [0.25, 0.3) is 0 Å². The predicted molar refractivity (Wildman–Crippen MR) is 77.2 cm³/mol. The molecule has 0 saturated carbocycles. The number of pyridine rings is 1. The van der Waals surface area contributed by atoms with E-state index in [9.17, 15) is 5.11 Å². The van der Waals surface area contributed by atoms with Gasteiger partial charge < -0.3 is 15.1 Å². The Hall–Kier alpha value is -0.921. The number of thiocarbonyl (C=S) groups is 1. The van der Waals surface area contributed by atoms with E-state index in [1.54, 1.807) is 25.9 Å². The second-order valence-electron chi connectivity index (χ2n) is 3.84. The van der Waals surface area contributed by atoms with Crippen molar-refractivity contribution in [3.8, 4) is 5.75 Å².